The summed E-state index contributed by atoms with van der Waals surface area (Å²) in [5.74, 6) is 0.0429. The van der Waals surface area contributed by atoms with E-state index in [0.29, 0.717) is 18.7 Å². The Kier molecular flexibility index (Phi) is 5.11. The van der Waals surface area contributed by atoms with Crippen LogP contribution in [0.1, 0.15) is 58.7 Å². The zero-order valence-corrected chi connectivity index (χ0v) is 15.6. The van der Waals surface area contributed by atoms with Gasteiger partial charge in [-0.25, -0.2) is 0 Å². The smallest absolute Gasteiger partial charge is 0.224 e. The van der Waals surface area contributed by atoms with Crippen molar-refractivity contribution in [3.05, 3.63) is 40.5 Å². The lowest BCUT2D eigenvalue weighted by molar-refractivity contribution is -0.120. The molecule has 2 aromatic rings. The van der Waals surface area contributed by atoms with E-state index in [9.17, 15) is 9.59 Å². The molecule has 1 N–H and O–H groups in total. The van der Waals surface area contributed by atoms with Crippen molar-refractivity contribution in [2.75, 3.05) is 6.61 Å². The first-order valence-electron chi connectivity index (χ1n) is 9.65. The molecule has 7 nitrogen and oxygen atoms in total. The molecule has 0 bridgehead atoms. The van der Waals surface area contributed by atoms with Crippen molar-refractivity contribution in [1.82, 2.24) is 15.0 Å². The van der Waals surface area contributed by atoms with Crippen LogP contribution in [0.25, 0.3) is 0 Å². The van der Waals surface area contributed by atoms with Crippen molar-refractivity contribution in [3.8, 4) is 0 Å². The van der Waals surface area contributed by atoms with Gasteiger partial charge in [-0.05, 0) is 38.2 Å². The van der Waals surface area contributed by atoms with Crippen LogP contribution in [0.3, 0.4) is 0 Å². The maximum atomic E-state index is 12.6. The molecule has 1 atom stereocenters. The molecule has 1 fully saturated rings. The summed E-state index contributed by atoms with van der Waals surface area (Å²) in [6.07, 6.45) is 6.34. The summed E-state index contributed by atoms with van der Waals surface area (Å²) < 4.78 is 12.8. The van der Waals surface area contributed by atoms with Crippen LogP contribution in [-0.2, 0) is 35.5 Å². The average molecular weight is 371 g/mol. The fourth-order valence-corrected chi connectivity index (χ4v) is 4.18. The molecule has 1 amide bonds. The highest BCUT2D eigenvalue weighted by atomic mass is 16.5. The van der Waals surface area contributed by atoms with Gasteiger partial charge in [0.1, 0.15) is 12.0 Å². The van der Waals surface area contributed by atoms with Crippen molar-refractivity contribution in [3.63, 3.8) is 0 Å². The number of carbonyl (C=O) groups excluding carboxylic acids is 2. The first kappa shape index (κ1) is 18.0. The van der Waals surface area contributed by atoms with Crippen LogP contribution in [0, 0.1) is 6.92 Å². The quantitative estimate of drug-likeness (QED) is 0.842. The van der Waals surface area contributed by atoms with Crippen LogP contribution in [0.5, 0.6) is 0 Å². The first-order chi connectivity index (χ1) is 13.1. The molecule has 144 valence electrons. The predicted molar refractivity (Wildman–Crippen MR) is 97.5 cm³/mol. The molecule has 1 saturated heterocycles. The van der Waals surface area contributed by atoms with E-state index in [4.69, 9.17) is 9.26 Å². The number of amides is 1. The third-order valence-corrected chi connectivity index (χ3v) is 5.56. The zero-order valence-electron chi connectivity index (χ0n) is 15.6. The van der Waals surface area contributed by atoms with Crippen LogP contribution in [0.4, 0.5) is 0 Å². The fourth-order valence-electron chi connectivity index (χ4n) is 4.18. The Hall–Kier alpha value is -2.41. The van der Waals surface area contributed by atoms with Crippen molar-refractivity contribution < 1.29 is 18.8 Å². The monoisotopic (exact) mass is 371 g/mol. The summed E-state index contributed by atoms with van der Waals surface area (Å²) in [6.45, 7) is 3.91. The SMILES string of the molecule is Cc1c(CC(=O)NCc2ccon2)c2c(n1CC1CCCO1)CCCC2=O. The lowest BCUT2D eigenvalue weighted by Gasteiger charge is -2.18. The molecule has 3 heterocycles. The number of hydrogen-bond acceptors (Lipinski definition) is 5. The van der Waals surface area contributed by atoms with Crippen LogP contribution in [0.15, 0.2) is 16.9 Å². The van der Waals surface area contributed by atoms with Gasteiger partial charge in [-0.15, -0.1) is 0 Å². The van der Waals surface area contributed by atoms with Gasteiger partial charge >= 0.3 is 0 Å². The summed E-state index contributed by atoms with van der Waals surface area (Å²) in [6, 6.07) is 1.72. The second-order valence-electron chi connectivity index (χ2n) is 7.35. The van der Waals surface area contributed by atoms with E-state index in [1.54, 1.807) is 6.07 Å². The minimum absolute atomic E-state index is 0.114. The van der Waals surface area contributed by atoms with E-state index in [0.717, 1.165) is 61.3 Å². The van der Waals surface area contributed by atoms with Gasteiger partial charge in [0.05, 0.1) is 19.1 Å². The highest BCUT2D eigenvalue weighted by Gasteiger charge is 2.30. The third kappa shape index (κ3) is 3.69. The Labute approximate surface area is 158 Å². The summed E-state index contributed by atoms with van der Waals surface area (Å²) in [4.78, 5) is 25.1. The molecule has 0 saturated carbocycles. The predicted octanol–water partition coefficient (Wildman–Crippen LogP) is 2.34. The second kappa shape index (κ2) is 7.68. The van der Waals surface area contributed by atoms with Crippen LogP contribution in [-0.4, -0.2) is 34.1 Å². The number of ketones is 1. The van der Waals surface area contributed by atoms with E-state index in [-0.39, 0.29) is 24.2 Å². The fraction of sp³-hybridized carbons (Fsp3) is 0.550. The van der Waals surface area contributed by atoms with Gasteiger partial charge in [-0.2, -0.15) is 0 Å². The van der Waals surface area contributed by atoms with Gasteiger partial charge in [0, 0.05) is 42.6 Å². The summed E-state index contributed by atoms with van der Waals surface area (Å²) in [5, 5.41) is 6.65. The Morgan fingerprint density at radius 2 is 2.26 bits per heavy atom. The third-order valence-electron chi connectivity index (χ3n) is 5.56. The van der Waals surface area contributed by atoms with Gasteiger partial charge < -0.3 is 19.1 Å². The van der Waals surface area contributed by atoms with Gasteiger partial charge in [0.25, 0.3) is 0 Å². The number of fused-ring (bicyclic) bond motifs is 1. The van der Waals surface area contributed by atoms with E-state index < -0.39 is 0 Å². The number of carbonyl (C=O) groups is 2. The van der Waals surface area contributed by atoms with Gasteiger partial charge in [-0.1, -0.05) is 5.16 Å². The molecule has 2 aromatic heterocycles. The molecule has 4 rings (SSSR count). The molecule has 1 unspecified atom stereocenters. The number of Topliss-reactive ketones (excluding diaryl/α,β-unsaturated/α-hetero) is 1. The largest absolute Gasteiger partial charge is 0.376 e. The molecule has 1 aliphatic carbocycles. The average Bonchev–Trinajstić information content (AvgIpc) is 3.39. The number of ether oxygens (including phenoxy) is 1. The summed E-state index contributed by atoms with van der Waals surface area (Å²) >= 11 is 0. The molecule has 2 aliphatic rings. The molecular weight excluding hydrogens is 346 g/mol. The molecular formula is C20H25N3O4. The lowest BCUT2D eigenvalue weighted by atomic mass is 9.92. The van der Waals surface area contributed by atoms with Crippen molar-refractivity contribution in [2.45, 2.75) is 64.6 Å². The highest BCUT2D eigenvalue weighted by Crippen LogP contribution is 2.31. The number of aromatic nitrogens is 2. The van der Waals surface area contributed by atoms with Crippen LogP contribution < -0.4 is 5.32 Å². The van der Waals surface area contributed by atoms with Gasteiger partial charge in [0.15, 0.2) is 5.78 Å². The number of rotatable bonds is 6. The van der Waals surface area contributed by atoms with Crippen LogP contribution in [0.2, 0.25) is 0 Å². The van der Waals surface area contributed by atoms with E-state index in [1.807, 2.05) is 6.92 Å². The minimum atomic E-state index is -0.114. The van der Waals surface area contributed by atoms with Crippen molar-refractivity contribution >= 4 is 11.7 Å². The molecule has 0 spiro atoms. The first-order valence-corrected chi connectivity index (χ1v) is 9.65. The summed E-state index contributed by atoms with van der Waals surface area (Å²) in [5.41, 5.74) is 4.41. The maximum absolute atomic E-state index is 12.6. The Balaban J connectivity index is 1.56. The Morgan fingerprint density at radius 3 is 3.00 bits per heavy atom. The zero-order chi connectivity index (χ0) is 18.8. The van der Waals surface area contributed by atoms with E-state index >= 15 is 0 Å². The van der Waals surface area contributed by atoms with Gasteiger partial charge in [0.2, 0.25) is 5.91 Å². The second-order valence-corrected chi connectivity index (χ2v) is 7.35. The van der Waals surface area contributed by atoms with Crippen molar-refractivity contribution in [1.29, 1.82) is 0 Å². The van der Waals surface area contributed by atoms with Crippen LogP contribution >= 0.6 is 0 Å². The number of nitrogens with zero attached hydrogens (tertiary/aromatic N) is 2. The summed E-state index contributed by atoms with van der Waals surface area (Å²) in [7, 11) is 0. The van der Waals surface area contributed by atoms with E-state index in [1.165, 1.54) is 6.26 Å². The van der Waals surface area contributed by atoms with Crippen molar-refractivity contribution in [2.24, 2.45) is 0 Å². The molecule has 0 aromatic carbocycles. The standard InChI is InChI=1S/C20H25N3O4/c1-13-16(10-19(25)21-11-14-7-9-27-22-14)20-17(5-2-6-18(20)24)23(13)12-15-4-3-8-26-15/h7,9,15H,2-6,8,10-12H2,1H3,(H,21,25). The minimum Gasteiger partial charge on any atom is -0.376 e. The molecule has 0 radical (unpaired) electrons. The highest BCUT2D eigenvalue weighted by molar-refractivity contribution is 6.01. The number of nitrogens with one attached hydrogen (secondary N) is 1. The Morgan fingerprint density at radius 1 is 1.37 bits per heavy atom. The van der Waals surface area contributed by atoms with E-state index in [2.05, 4.69) is 15.0 Å². The number of hydrogen-bond donors (Lipinski definition) is 1. The Bertz CT molecular complexity index is 832. The normalized spacial score (nSPS) is 19.3. The van der Waals surface area contributed by atoms with Gasteiger partial charge in [-0.3, -0.25) is 9.59 Å². The lowest BCUT2D eigenvalue weighted by Crippen LogP contribution is -2.25. The topological polar surface area (TPSA) is 86.4 Å². The molecule has 7 heteroatoms. The molecule has 27 heavy (non-hydrogen) atoms. The maximum Gasteiger partial charge on any atom is 0.224 e. The molecule has 1 aliphatic heterocycles.